The fourth-order valence-electron chi connectivity index (χ4n) is 3.20. The van der Waals surface area contributed by atoms with Crippen molar-refractivity contribution >= 4 is 52.5 Å². The van der Waals surface area contributed by atoms with Crippen LogP contribution in [-0.4, -0.2) is 31.5 Å². The highest BCUT2D eigenvalue weighted by Crippen LogP contribution is 2.41. The second kappa shape index (κ2) is 11.4. The average Bonchev–Trinajstić information content (AvgIpc) is 3.04. The molecule has 2 aromatic rings. The minimum Gasteiger partial charge on any atom is -0.490 e. The number of halogens is 4. The third-order valence-corrected chi connectivity index (χ3v) is 5.42. The van der Waals surface area contributed by atoms with E-state index in [9.17, 15) is 4.79 Å². The molecule has 0 saturated heterocycles. The molecule has 0 radical (unpaired) electrons. The summed E-state index contributed by atoms with van der Waals surface area (Å²) in [4.78, 5) is 12.2. The van der Waals surface area contributed by atoms with Crippen LogP contribution in [0.4, 0.5) is 4.79 Å². The summed E-state index contributed by atoms with van der Waals surface area (Å²) >= 11 is 23.6. The predicted octanol–water partition coefficient (Wildman–Crippen LogP) is 6.96. The molecular formula is C23H23Cl4NO5. The second-order valence-electron chi connectivity index (χ2n) is 7.82. The maximum absolute atomic E-state index is 12.2. The Morgan fingerprint density at radius 1 is 1.18 bits per heavy atom. The summed E-state index contributed by atoms with van der Waals surface area (Å²) in [5.41, 5.74) is 0.695. The Balaban J connectivity index is 1.43. The van der Waals surface area contributed by atoms with E-state index in [4.69, 9.17) is 65.4 Å². The quantitative estimate of drug-likeness (QED) is 0.352. The monoisotopic (exact) mass is 533 g/mol. The number of para-hydroxylation sites is 1. The molecule has 0 unspecified atom stereocenters. The molecule has 10 heteroatoms. The molecule has 6 nitrogen and oxygen atoms in total. The summed E-state index contributed by atoms with van der Waals surface area (Å²) < 4.78 is 22.5. The van der Waals surface area contributed by atoms with Gasteiger partial charge in [0.1, 0.15) is 22.4 Å². The Morgan fingerprint density at radius 3 is 2.61 bits per heavy atom. The summed E-state index contributed by atoms with van der Waals surface area (Å²) in [6.07, 6.45) is 2.19. The van der Waals surface area contributed by atoms with Crippen molar-refractivity contribution in [1.82, 2.24) is 5.32 Å². The average molecular weight is 535 g/mol. The van der Waals surface area contributed by atoms with Crippen LogP contribution in [0.15, 0.2) is 40.9 Å². The molecule has 1 N–H and O–H groups in total. The third-order valence-electron chi connectivity index (χ3n) is 4.55. The van der Waals surface area contributed by atoms with Crippen LogP contribution < -0.4 is 24.3 Å². The number of carbonyl (C=O) groups excluding carboxylic acids is 1. The minimum absolute atomic E-state index is 0.106. The summed E-state index contributed by atoms with van der Waals surface area (Å²) in [5, 5.41) is 3.29. The van der Waals surface area contributed by atoms with E-state index in [1.165, 1.54) is 6.08 Å². The Morgan fingerprint density at radius 2 is 1.91 bits per heavy atom. The number of amides is 1. The maximum Gasteiger partial charge on any atom is 0.412 e. The molecule has 2 aromatic carbocycles. The smallest absolute Gasteiger partial charge is 0.412 e. The van der Waals surface area contributed by atoms with E-state index in [2.05, 4.69) is 5.32 Å². The van der Waals surface area contributed by atoms with Crippen molar-refractivity contribution in [3.8, 4) is 23.0 Å². The molecule has 0 bridgehead atoms. The van der Waals surface area contributed by atoms with Crippen molar-refractivity contribution < 1.29 is 23.7 Å². The van der Waals surface area contributed by atoms with E-state index < -0.39 is 6.09 Å². The van der Waals surface area contributed by atoms with E-state index in [0.29, 0.717) is 46.0 Å². The van der Waals surface area contributed by atoms with Gasteiger partial charge in [0.2, 0.25) is 0 Å². The van der Waals surface area contributed by atoms with E-state index in [0.717, 1.165) is 12.0 Å². The highest BCUT2D eigenvalue weighted by atomic mass is 35.5. The van der Waals surface area contributed by atoms with Crippen molar-refractivity contribution in [1.29, 1.82) is 0 Å². The van der Waals surface area contributed by atoms with Gasteiger partial charge in [0.15, 0.2) is 17.2 Å². The van der Waals surface area contributed by atoms with Crippen LogP contribution >= 0.6 is 46.4 Å². The van der Waals surface area contributed by atoms with Crippen molar-refractivity contribution in [3.05, 3.63) is 56.5 Å². The van der Waals surface area contributed by atoms with Gasteiger partial charge in [0.05, 0.1) is 16.7 Å². The molecule has 0 fully saturated rings. The van der Waals surface area contributed by atoms with Crippen molar-refractivity contribution in [2.24, 2.45) is 0 Å². The number of fused-ring (bicyclic) bond motifs is 1. The first-order valence-corrected chi connectivity index (χ1v) is 11.7. The van der Waals surface area contributed by atoms with Crippen LogP contribution in [0.3, 0.4) is 0 Å². The summed E-state index contributed by atoms with van der Waals surface area (Å²) in [6.45, 7) is 4.77. The Kier molecular flexibility index (Phi) is 8.88. The van der Waals surface area contributed by atoms with Crippen molar-refractivity contribution in [3.63, 3.8) is 0 Å². The number of rotatable bonds is 9. The number of hydrogen-bond acceptors (Lipinski definition) is 5. The van der Waals surface area contributed by atoms with Gasteiger partial charge in [-0.05, 0) is 32.4 Å². The van der Waals surface area contributed by atoms with E-state index in [1.54, 1.807) is 18.2 Å². The first kappa shape index (κ1) is 25.6. The SMILES string of the molecule is CC1(C)Cc2cccc(OC(=O)NCCCOc3c(Cl)cc(OCC=C(Cl)Cl)cc3Cl)c2O1. The number of hydrogen-bond donors (Lipinski definition) is 1. The van der Waals surface area contributed by atoms with Gasteiger partial charge >= 0.3 is 6.09 Å². The van der Waals surface area contributed by atoms with Gasteiger partial charge < -0.3 is 24.3 Å². The molecule has 1 aliphatic rings. The lowest BCUT2D eigenvalue weighted by molar-refractivity contribution is 0.133. The van der Waals surface area contributed by atoms with Crippen LogP contribution in [0.2, 0.25) is 10.0 Å². The molecule has 0 aromatic heterocycles. The molecule has 0 saturated carbocycles. The van der Waals surface area contributed by atoms with Gasteiger partial charge in [-0.15, -0.1) is 0 Å². The number of ether oxygens (including phenoxy) is 4. The van der Waals surface area contributed by atoms with Crippen LogP contribution in [0.1, 0.15) is 25.8 Å². The van der Waals surface area contributed by atoms with Crippen LogP contribution in [0.5, 0.6) is 23.0 Å². The topological polar surface area (TPSA) is 66.0 Å². The molecule has 0 spiro atoms. The van der Waals surface area contributed by atoms with Gasteiger partial charge in [0.25, 0.3) is 0 Å². The number of benzene rings is 2. The summed E-state index contributed by atoms with van der Waals surface area (Å²) in [6, 6.07) is 8.67. The van der Waals surface area contributed by atoms with Gasteiger partial charge in [-0.1, -0.05) is 58.5 Å². The molecule has 1 amide bonds. The van der Waals surface area contributed by atoms with E-state index in [-0.39, 0.29) is 23.3 Å². The Hall–Kier alpha value is -1.99. The third kappa shape index (κ3) is 7.51. The fraction of sp³-hybridized carbons (Fsp3) is 0.348. The van der Waals surface area contributed by atoms with Gasteiger partial charge in [-0.25, -0.2) is 4.79 Å². The van der Waals surface area contributed by atoms with Crippen molar-refractivity contribution in [2.45, 2.75) is 32.3 Å². The lowest BCUT2D eigenvalue weighted by atomic mass is 10.0. The number of carbonyl (C=O) groups is 1. The maximum atomic E-state index is 12.2. The zero-order valence-corrected chi connectivity index (χ0v) is 21.1. The molecule has 1 heterocycles. The molecule has 0 atom stereocenters. The van der Waals surface area contributed by atoms with E-state index >= 15 is 0 Å². The summed E-state index contributed by atoms with van der Waals surface area (Å²) in [7, 11) is 0. The van der Waals surface area contributed by atoms with Gasteiger partial charge in [0, 0.05) is 30.7 Å². The highest BCUT2D eigenvalue weighted by Gasteiger charge is 2.32. The van der Waals surface area contributed by atoms with Gasteiger partial charge in [-0.2, -0.15) is 0 Å². The van der Waals surface area contributed by atoms with Crippen molar-refractivity contribution in [2.75, 3.05) is 19.8 Å². The standard InChI is InChI=1S/C23H23Cl4NO5/c1-23(2)13-14-5-3-6-18(20(14)33-23)32-22(29)28-8-4-9-31-21-16(24)11-15(12-17(21)25)30-10-7-19(26)27/h3,5-7,11-12H,4,8-10,13H2,1-2H3,(H,28,29). The molecule has 178 valence electrons. The van der Waals surface area contributed by atoms with Crippen LogP contribution in [0.25, 0.3) is 0 Å². The molecule has 33 heavy (non-hydrogen) atoms. The first-order chi connectivity index (χ1) is 15.6. The first-order valence-electron chi connectivity index (χ1n) is 10.2. The second-order valence-corrected chi connectivity index (χ2v) is 9.64. The Bertz CT molecular complexity index is 1010. The molecule has 3 rings (SSSR count). The van der Waals surface area contributed by atoms with Gasteiger partial charge in [-0.3, -0.25) is 0 Å². The largest absolute Gasteiger partial charge is 0.490 e. The van der Waals surface area contributed by atoms with E-state index in [1.807, 2.05) is 26.0 Å². The minimum atomic E-state index is -0.569. The number of nitrogens with one attached hydrogen (secondary N) is 1. The summed E-state index contributed by atoms with van der Waals surface area (Å²) in [5.74, 6) is 1.79. The predicted molar refractivity (Wildman–Crippen MR) is 131 cm³/mol. The normalized spacial score (nSPS) is 13.5. The van der Waals surface area contributed by atoms with Crippen LogP contribution in [-0.2, 0) is 6.42 Å². The molecule has 0 aliphatic carbocycles. The fourth-order valence-corrected chi connectivity index (χ4v) is 3.90. The molecule has 1 aliphatic heterocycles. The lowest BCUT2D eigenvalue weighted by Crippen LogP contribution is -2.29. The Labute approximate surface area is 212 Å². The zero-order chi connectivity index (χ0) is 24.0. The highest BCUT2D eigenvalue weighted by molar-refractivity contribution is 6.55. The lowest BCUT2D eigenvalue weighted by Gasteiger charge is -2.18. The van der Waals surface area contributed by atoms with Crippen LogP contribution in [0, 0.1) is 0 Å². The zero-order valence-electron chi connectivity index (χ0n) is 18.1. The molecular weight excluding hydrogens is 512 g/mol.